The molecule has 2 heterocycles. The molecule has 2 heteroatoms. The van der Waals surface area contributed by atoms with E-state index in [-0.39, 0.29) is 0 Å². The number of hydrogen-bond donors (Lipinski definition) is 0. The lowest BCUT2D eigenvalue weighted by molar-refractivity contribution is 0.746. The van der Waals surface area contributed by atoms with Gasteiger partial charge >= 0.3 is 0 Å². The molecule has 0 aliphatic heterocycles. The summed E-state index contributed by atoms with van der Waals surface area (Å²) in [6.45, 7) is 0. The van der Waals surface area contributed by atoms with E-state index in [0.29, 0.717) is 0 Å². The fourth-order valence-electron chi connectivity index (χ4n) is 9.36. The van der Waals surface area contributed by atoms with Gasteiger partial charge in [0.25, 0.3) is 0 Å². The van der Waals surface area contributed by atoms with E-state index in [2.05, 4.69) is 240 Å². The van der Waals surface area contributed by atoms with Crippen molar-refractivity contribution in [3.8, 4) is 22.5 Å². The zero-order chi connectivity index (χ0) is 37.8. The molecule has 0 bridgehead atoms. The highest BCUT2D eigenvalue weighted by Crippen LogP contribution is 2.47. The van der Waals surface area contributed by atoms with Gasteiger partial charge in [0.15, 0.2) is 0 Å². The van der Waals surface area contributed by atoms with Crippen molar-refractivity contribution in [2.75, 3.05) is 0 Å². The van der Waals surface area contributed by atoms with Crippen molar-refractivity contribution in [2.24, 2.45) is 0 Å². The summed E-state index contributed by atoms with van der Waals surface area (Å²) in [6.07, 6.45) is 0. The van der Waals surface area contributed by atoms with Gasteiger partial charge in [-0.05, 0) is 94.0 Å². The summed E-state index contributed by atoms with van der Waals surface area (Å²) in [7, 11) is 0. The Morgan fingerprint density at radius 2 is 0.632 bits per heavy atom. The molecule has 268 valence electrons. The topological polar surface area (TPSA) is 9.86 Å². The van der Waals surface area contributed by atoms with Gasteiger partial charge in [0, 0.05) is 32.9 Å². The minimum absolute atomic E-state index is 0.542. The molecular weight excluding hydrogens is 689 g/mol. The molecule has 2 aromatic heterocycles. The molecule has 0 aliphatic carbocycles. The standard InChI is InChI=1S/C55H38N2/c1-5-17-41(18-6-1)55(42-19-7-2-8-20-42,43-21-9-3-10-22-43)44-32-36-54-50(38-44)49-37-40(31-35-53(49)56(54)45-23-11-4-12-24-45)39-29-33-46(34-30-39)57-51-27-15-13-25-47(51)48-26-14-16-28-52(48)57/h1-38H. The number of fused-ring (bicyclic) bond motifs is 6. The van der Waals surface area contributed by atoms with E-state index in [1.54, 1.807) is 0 Å². The highest BCUT2D eigenvalue weighted by molar-refractivity contribution is 6.11. The van der Waals surface area contributed by atoms with Gasteiger partial charge in [0.05, 0.1) is 27.5 Å². The monoisotopic (exact) mass is 726 g/mol. The zero-order valence-electron chi connectivity index (χ0n) is 31.3. The van der Waals surface area contributed by atoms with Gasteiger partial charge < -0.3 is 9.13 Å². The predicted molar refractivity (Wildman–Crippen MR) is 239 cm³/mol. The van der Waals surface area contributed by atoms with Gasteiger partial charge in [-0.25, -0.2) is 0 Å². The molecule has 11 rings (SSSR count). The van der Waals surface area contributed by atoms with Crippen LogP contribution < -0.4 is 0 Å². The Labute approximate surface area is 332 Å². The highest BCUT2D eigenvalue weighted by Gasteiger charge is 2.38. The van der Waals surface area contributed by atoms with Crippen molar-refractivity contribution in [2.45, 2.75) is 5.41 Å². The second-order valence-corrected chi connectivity index (χ2v) is 14.9. The van der Waals surface area contributed by atoms with E-state index in [9.17, 15) is 0 Å². The van der Waals surface area contributed by atoms with E-state index >= 15 is 0 Å². The minimum Gasteiger partial charge on any atom is -0.309 e. The Hall–Kier alpha value is -7.42. The summed E-state index contributed by atoms with van der Waals surface area (Å²) >= 11 is 0. The van der Waals surface area contributed by atoms with Gasteiger partial charge in [-0.2, -0.15) is 0 Å². The summed E-state index contributed by atoms with van der Waals surface area (Å²) in [6, 6.07) is 84.3. The summed E-state index contributed by atoms with van der Waals surface area (Å²) in [5.41, 5.74) is 13.9. The van der Waals surface area contributed by atoms with E-state index < -0.39 is 5.41 Å². The molecule has 0 aliphatic rings. The number of para-hydroxylation sites is 3. The number of rotatable bonds is 7. The first kappa shape index (κ1) is 33.0. The highest BCUT2D eigenvalue weighted by atomic mass is 15.0. The lowest BCUT2D eigenvalue weighted by Crippen LogP contribution is -2.30. The van der Waals surface area contributed by atoms with E-state index in [4.69, 9.17) is 0 Å². The first-order valence-corrected chi connectivity index (χ1v) is 19.7. The Kier molecular flexibility index (Phi) is 7.75. The molecular formula is C55H38N2. The smallest absolute Gasteiger partial charge is 0.0701 e. The van der Waals surface area contributed by atoms with Crippen LogP contribution in [0.5, 0.6) is 0 Å². The molecule has 57 heavy (non-hydrogen) atoms. The minimum atomic E-state index is -0.542. The largest absolute Gasteiger partial charge is 0.309 e. The Bertz CT molecular complexity index is 3040. The third-order valence-corrected chi connectivity index (χ3v) is 11.9. The van der Waals surface area contributed by atoms with Crippen LogP contribution in [0.15, 0.2) is 231 Å². The summed E-state index contributed by atoms with van der Waals surface area (Å²) in [4.78, 5) is 0. The van der Waals surface area contributed by atoms with Crippen molar-refractivity contribution in [1.82, 2.24) is 9.13 Å². The number of nitrogens with zero attached hydrogens (tertiary/aromatic N) is 2. The normalized spacial score (nSPS) is 11.9. The number of aromatic nitrogens is 2. The second kappa shape index (κ2) is 13.4. The molecule has 9 aromatic carbocycles. The molecule has 0 spiro atoms. The maximum absolute atomic E-state index is 2.46. The van der Waals surface area contributed by atoms with Gasteiger partial charge in [-0.1, -0.05) is 170 Å². The van der Waals surface area contributed by atoms with Crippen LogP contribution in [0.2, 0.25) is 0 Å². The molecule has 0 radical (unpaired) electrons. The van der Waals surface area contributed by atoms with Crippen molar-refractivity contribution in [3.63, 3.8) is 0 Å². The fourth-order valence-corrected chi connectivity index (χ4v) is 9.36. The quantitative estimate of drug-likeness (QED) is 0.145. The van der Waals surface area contributed by atoms with Gasteiger partial charge in [0.1, 0.15) is 0 Å². The van der Waals surface area contributed by atoms with Crippen molar-refractivity contribution in [3.05, 3.63) is 253 Å². The predicted octanol–water partition coefficient (Wildman–Crippen LogP) is 13.9. The number of benzene rings is 9. The second-order valence-electron chi connectivity index (χ2n) is 14.9. The van der Waals surface area contributed by atoms with E-state index in [1.807, 2.05) is 0 Å². The summed E-state index contributed by atoms with van der Waals surface area (Å²) < 4.78 is 4.80. The Balaban J connectivity index is 1.13. The van der Waals surface area contributed by atoms with Crippen LogP contribution >= 0.6 is 0 Å². The molecule has 11 aromatic rings. The Morgan fingerprint density at radius 3 is 1.16 bits per heavy atom. The van der Waals surface area contributed by atoms with Crippen molar-refractivity contribution < 1.29 is 0 Å². The van der Waals surface area contributed by atoms with Crippen LogP contribution in [0.3, 0.4) is 0 Å². The van der Waals surface area contributed by atoms with Gasteiger partial charge in [0.2, 0.25) is 0 Å². The average Bonchev–Trinajstić information content (AvgIpc) is 3.80. The van der Waals surface area contributed by atoms with Crippen LogP contribution in [0, 0.1) is 0 Å². The number of hydrogen-bond acceptors (Lipinski definition) is 0. The fraction of sp³-hybridized carbons (Fsp3) is 0.0182. The van der Waals surface area contributed by atoms with Gasteiger partial charge in [-0.3, -0.25) is 0 Å². The summed E-state index contributed by atoms with van der Waals surface area (Å²) in [5, 5.41) is 4.99. The lowest BCUT2D eigenvalue weighted by atomic mass is 9.65. The molecule has 2 nitrogen and oxygen atoms in total. The van der Waals surface area contributed by atoms with Crippen molar-refractivity contribution in [1.29, 1.82) is 0 Å². The van der Waals surface area contributed by atoms with Gasteiger partial charge in [-0.15, -0.1) is 0 Å². The molecule has 0 fully saturated rings. The van der Waals surface area contributed by atoms with Crippen LogP contribution in [-0.2, 0) is 5.41 Å². The zero-order valence-corrected chi connectivity index (χ0v) is 31.3. The first-order valence-electron chi connectivity index (χ1n) is 19.7. The molecule has 0 saturated carbocycles. The van der Waals surface area contributed by atoms with Crippen LogP contribution in [-0.4, -0.2) is 9.13 Å². The van der Waals surface area contributed by atoms with E-state index in [1.165, 1.54) is 77.0 Å². The molecule has 0 N–H and O–H groups in total. The maximum Gasteiger partial charge on any atom is 0.0701 e. The molecule has 0 saturated heterocycles. The third kappa shape index (κ3) is 5.18. The molecule has 0 unspecified atom stereocenters. The van der Waals surface area contributed by atoms with Crippen LogP contribution in [0.1, 0.15) is 22.3 Å². The summed E-state index contributed by atoms with van der Waals surface area (Å²) in [5.74, 6) is 0. The van der Waals surface area contributed by atoms with Crippen LogP contribution in [0.4, 0.5) is 0 Å². The Morgan fingerprint density at radius 1 is 0.246 bits per heavy atom. The lowest BCUT2D eigenvalue weighted by Gasteiger charge is -2.37. The average molecular weight is 727 g/mol. The molecule has 0 atom stereocenters. The van der Waals surface area contributed by atoms with Crippen LogP contribution in [0.25, 0.3) is 66.1 Å². The van der Waals surface area contributed by atoms with Crippen molar-refractivity contribution >= 4 is 43.6 Å². The SMILES string of the molecule is c1ccc(-n2c3ccc(-c4ccc(-n5c6ccccc6c6ccccc65)cc4)cc3c3cc(C(c4ccccc4)(c4ccccc4)c4ccccc4)ccc32)cc1. The first-order chi connectivity index (χ1) is 28.3. The maximum atomic E-state index is 2.46. The third-order valence-electron chi connectivity index (χ3n) is 11.9. The molecule has 0 amide bonds. The van der Waals surface area contributed by atoms with E-state index in [0.717, 1.165) is 11.4 Å².